The van der Waals surface area contributed by atoms with Crippen LogP contribution in [0.2, 0.25) is 0 Å². The van der Waals surface area contributed by atoms with E-state index in [9.17, 15) is 10.2 Å². The summed E-state index contributed by atoms with van der Waals surface area (Å²) in [6.07, 6.45) is 0. The van der Waals surface area contributed by atoms with Gasteiger partial charge in [0.25, 0.3) is 0 Å². The quantitative estimate of drug-likeness (QED) is 0.477. The molecule has 4 aromatic rings. The van der Waals surface area contributed by atoms with E-state index in [4.69, 9.17) is 0 Å². The number of phenolic OH excluding ortho intramolecular Hbond substituents is 2. The molecule has 0 bridgehead atoms. The van der Waals surface area contributed by atoms with Crippen LogP contribution >= 0.6 is 11.3 Å². The molecule has 0 saturated carbocycles. The van der Waals surface area contributed by atoms with Gasteiger partial charge in [-0.3, -0.25) is 0 Å². The van der Waals surface area contributed by atoms with Gasteiger partial charge in [-0.25, -0.2) is 0 Å². The second kappa shape index (κ2) is 4.50. The molecule has 3 aromatic carbocycles. The van der Waals surface area contributed by atoms with Gasteiger partial charge in [-0.1, -0.05) is 42.5 Å². The summed E-state index contributed by atoms with van der Waals surface area (Å²) in [7, 11) is 0. The van der Waals surface area contributed by atoms with E-state index in [1.807, 2.05) is 36.4 Å². The smallest absolute Gasteiger partial charge is 0.166 e. The van der Waals surface area contributed by atoms with E-state index in [-0.39, 0.29) is 11.5 Å². The van der Waals surface area contributed by atoms with Gasteiger partial charge in [-0.2, -0.15) is 0 Å². The van der Waals surface area contributed by atoms with Gasteiger partial charge in [0, 0.05) is 15.1 Å². The van der Waals surface area contributed by atoms with Crippen molar-refractivity contribution in [3.05, 3.63) is 60.7 Å². The summed E-state index contributed by atoms with van der Waals surface area (Å²) in [5.74, 6) is -0.138. The number of benzene rings is 3. The largest absolute Gasteiger partial charge is 0.504 e. The molecule has 0 aliphatic heterocycles. The number of hydrogen-bond donors (Lipinski definition) is 2. The Morgan fingerprint density at radius 1 is 0.762 bits per heavy atom. The van der Waals surface area contributed by atoms with Gasteiger partial charge < -0.3 is 10.2 Å². The van der Waals surface area contributed by atoms with E-state index in [1.54, 1.807) is 17.4 Å². The zero-order chi connectivity index (χ0) is 14.4. The first-order chi connectivity index (χ1) is 10.2. The Bertz CT molecular complexity index is 936. The van der Waals surface area contributed by atoms with Crippen LogP contribution in [-0.4, -0.2) is 10.2 Å². The van der Waals surface area contributed by atoms with Crippen molar-refractivity contribution >= 4 is 32.2 Å². The molecule has 0 amide bonds. The fourth-order valence-electron chi connectivity index (χ4n) is 2.68. The van der Waals surface area contributed by atoms with Gasteiger partial charge in [0.1, 0.15) is 0 Å². The third-order valence-corrected chi connectivity index (χ3v) is 4.81. The minimum absolute atomic E-state index is 0.0553. The normalized spacial score (nSPS) is 11.2. The predicted molar refractivity (Wildman–Crippen MR) is 88.1 cm³/mol. The second-order valence-corrected chi connectivity index (χ2v) is 6.07. The molecule has 0 spiro atoms. The van der Waals surface area contributed by atoms with Crippen LogP contribution in [0.5, 0.6) is 11.5 Å². The van der Waals surface area contributed by atoms with E-state index in [1.165, 1.54) is 4.70 Å². The van der Waals surface area contributed by atoms with E-state index in [0.29, 0.717) is 5.56 Å². The highest BCUT2D eigenvalue weighted by Crippen LogP contribution is 2.46. The van der Waals surface area contributed by atoms with Crippen molar-refractivity contribution in [1.29, 1.82) is 0 Å². The molecular weight excluding hydrogens is 280 g/mol. The molecule has 21 heavy (non-hydrogen) atoms. The van der Waals surface area contributed by atoms with Crippen molar-refractivity contribution < 1.29 is 10.2 Å². The van der Waals surface area contributed by atoms with Gasteiger partial charge in [0.2, 0.25) is 0 Å². The standard InChI is InChI=1S/C18H12O2S/c19-14-9-11-5-1-3-7-13(11)17(18(14)20)16-10-12-6-2-4-8-15(12)21-16/h1-10,19-20H. The van der Waals surface area contributed by atoms with Crippen LogP contribution in [0.3, 0.4) is 0 Å². The van der Waals surface area contributed by atoms with E-state index < -0.39 is 0 Å². The summed E-state index contributed by atoms with van der Waals surface area (Å²) in [5, 5.41) is 23.3. The molecule has 1 aromatic heterocycles. The number of phenols is 2. The van der Waals surface area contributed by atoms with Crippen molar-refractivity contribution in [2.75, 3.05) is 0 Å². The molecule has 0 unspecified atom stereocenters. The number of hydrogen-bond acceptors (Lipinski definition) is 3. The van der Waals surface area contributed by atoms with Gasteiger partial charge in [-0.15, -0.1) is 11.3 Å². The fourth-order valence-corrected chi connectivity index (χ4v) is 3.80. The number of aromatic hydroxyl groups is 2. The third kappa shape index (κ3) is 1.86. The average Bonchev–Trinajstić information content (AvgIpc) is 2.92. The lowest BCUT2D eigenvalue weighted by molar-refractivity contribution is 0.406. The SMILES string of the molecule is Oc1cc2ccccc2c(-c2cc3ccccc3s2)c1O. The number of rotatable bonds is 1. The Morgan fingerprint density at radius 3 is 2.29 bits per heavy atom. The Kier molecular flexibility index (Phi) is 2.62. The number of thiophene rings is 1. The van der Waals surface area contributed by atoms with Crippen molar-refractivity contribution in [3.63, 3.8) is 0 Å². The maximum atomic E-state index is 10.3. The first-order valence-corrected chi connectivity index (χ1v) is 7.48. The minimum Gasteiger partial charge on any atom is -0.504 e. The van der Waals surface area contributed by atoms with Crippen LogP contribution in [0, 0.1) is 0 Å². The average molecular weight is 292 g/mol. The lowest BCUT2D eigenvalue weighted by atomic mass is 10.0. The Labute approximate surface area is 125 Å². The highest BCUT2D eigenvalue weighted by molar-refractivity contribution is 7.22. The highest BCUT2D eigenvalue weighted by atomic mass is 32.1. The van der Waals surface area contributed by atoms with Crippen LogP contribution in [0.1, 0.15) is 0 Å². The molecule has 0 fully saturated rings. The van der Waals surface area contributed by atoms with Crippen LogP contribution in [0.4, 0.5) is 0 Å². The van der Waals surface area contributed by atoms with E-state index >= 15 is 0 Å². The number of fused-ring (bicyclic) bond motifs is 2. The van der Waals surface area contributed by atoms with Crippen molar-refractivity contribution in [2.24, 2.45) is 0 Å². The maximum absolute atomic E-state index is 10.3. The molecule has 102 valence electrons. The predicted octanol–water partition coefficient (Wildman–Crippen LogP) is 5.13. The van der Waals surface area contributed by atoms with E-state index in [0.717, 1.165) is 21.0 Å². The van der Waals surface area contributed by atoms with Gasteiger partial charge >= 0.3 is 0 Å². The molecule has 0 radical (unpaired) electrons. The summed E-state index contributed by atoms with van der Waals surface area (Å²) < 4.78 is 1.17. The molecule has 0 aliphatic carbocycles. The minimum atomic E-state index is -0.0823. The van der Waals surface area contributed by atoms with Crippen LogP contribution in [0.25, 0.3) is 31.3 Å². The molecule has 0 aliphatic rings. The van der Waals surface area contributed by atoms with Gasteiger partial charge in [0.15, 0.2) is 11.5 Å². The molecule has 2 nitrogen and oxygen atoms in total. The van der Waals surface area contributed by atoms with E-state index in [2.05, 4.69) is 18.2 Å². The fraction of sp³-hybridized carbons (Fsp3) is 0. The van der Waals surface area contributed by atoms with Crippen LogP contribution < -0.4 is 0 Å². The van der Waals surface area contributed by atoms with Crippen molar-refractivity contribution in [3.8, 4) is 21.9 Å². The first kappa shape index (κ1) is 12.2. The van der Waals surface area contributed by atoms with Crippen molar-refractivity contribution in [2.45, 2.75) is 0 Å². The Hall–Kier alpha value is -2.52. The molecule has 0 atom stereocenters. The topological polar surface area (TPSA) is 40.5 Å². The molecule has 2 N–H and O–H groups in total. The second-order valence-electron chi connectivity index (χ2n) is 4.99. The monoisotopic (exact) mass is 292 g/mol. The third-order valence-electron chi connectivity index (χ3n) is 3.67. The Morgan fingerprint density at radius 2 is 1.48 bits per heavy atom. The lowest BCUT2D eigenvalue weighted by Gasteiger charge is -2.09. The highest BCUT2D eigenvalue weighted by Gasteiger charge is 2.16. The summed E-state index contributed by atoms with van der Waals surface area (Å²) in [5.41, 5.74) is 0.701. The zero-order valence-electron chi connectivity index (χ0n) is 11.1. The molecule has 4 rings (SSSR count). The first-order valence-electron chi connectivity index (χ1n) is 6.66. The van der Waals surface area contributed by atoms with Crippen molar-refractivity contribution in [1.82, 2.24) is 0 Å². The summed E-state index contributed by atoms with van der Waals surface area (Å²) in [4.78, 5) is 0.959. The van der Waals surface area contributed by atoms with Gasteiger partial charge in [0.05, 0.1) is 0 Å². The van der Waals surface area contributed by atoms with Crippen LogP contribution in [0.15, 0.2) is 60.7 Å². The lowest BCUT2D eigenvalue weighted by Crippen LogP contribution is -1.81. The molecule has 3 heteroatoms. The molecule has 1 heterocycles. The summed E-state index contributed by atoms with van der Waals surface area (Å²) in [6, 6.07) is 19.5. The molecule has 0 saturated heterocycles. The Balaban J connectivity index is 2.11. The molecular formula is C18H12O2S. The zero-order valence-corrected chi connectivity index (χ0v) is 11.9. The maximum Gasteiger partial charge on any atom is 0.166 e. The van der Waals surface area contributed by atoms with Crippen LogP contribution in [-0.2, 0) is 0 Å². The van der Waals surface area contributed by atoms with Gasteiger partial charge in [-0.05, 0) is 34.4 Å². The summed E-state index contributed by atoms with van der Waals surface area (Å²) in [6.45, 7) is 0. The summed E-state index contributed by atoms with van der Waals surface area (Å²) >= 11 is 1.62.